The summed E-state index contributed by atoms with van der Waals surface area (Å²) in [6, 6.07) is 10.0. The fraction of sp³-hybridized carbons (Fsp3) is 0.158. The number of rotatable bonds is 5. The van der Waals surface area contributed by atoms with E-state index in [9.17, 15) is 13.6 Å². The lowest BCUT2D eigenvalue weighted by atomic mass is 10.2. The lowest BCUT2D eigenvalue weighted by Gasteiger charge is -2.15. The smallest absolute Gasteiger partial charge is 0.387 e. The minimum atomic E-state index is -2.95. The quantitative estimate of drug-likeness (QED) is 0.359. The molecule has 2 N–H and O–H groups in total. The van der Waals surface area contributed by atoms with Gasteiger partial charge in [-0.15, -0.1) is 11.3 Å². The van der Waals surface area contributed by atoms with Crippen LogP contribution in [0.4, 0.5) is 20.2 Å². The summed E-state index contributed by atoms with van der Waals surface area (Å²) < 4.78 is 35.2. The predicted molar refractivity (Wildman–Crippen MR) is 116 cm³/mol. The molecule has 29 heavy (non-hydrogen) atoms. The van der Waals surface area contributed by atoms with Gasteiger partial charge in [-0.3, -0.25) is 0 Å². The Morgan fingerprint density at radius 1 is 1.21 bits per heavy atom. The van der Waals surface area contributed by atoms with E-state index in [2.05, 4.69) is 15.4 Å². The Morgan fingerprint density at radius 3 is 2.66 bits per heavy atom. The zero-order valence-corrected chi connectivity index (χ0v) is 17.6. The monoisotopic (exact) mass is 456 g/mol. The number of esters is 1. The van der Waals surface area contributed by atoms with E-state index < -0.39 is 12.6 Å². The Balaban J connectivity index is 1.80. The van der Waals surface area contributed by atoms with Crippen LogP contribution in [-0.2, 0) is 4.74 Å². The summed E-state index contributed by atoms with van der Waals surface area (Å²) in [5.74, 6) is -0.521. The van der Waals surface area contributed by atoms with Crippen LogP contribution in [0.15, 0.2) is 36.4 Å². The van der Waals surface area contributed by atoms with Gasteiger partial charge in [-0.05, 0) is 55.0 Å². The molecule has 0 spiro atoms. The van der Waals surface area contributed by atoms with Crippen LogP contribution in [-0.4, -0.2) is 24.8 Å². The van der Waals surface area contributed by atoms with E-state index in [1.807, 2.05) is 6.92 Å². The molecule has 1 heterocycles. The SMILES string of the molecule is COC(=O)c1sc2cc(NC(=S)Nc3cc(C)ccc3OC(F)F)ccc2c1Cl. The van der Waals surface area contributed by atoms with Crippen molar-refractivity contribution < 1.29 is 23.0 Å². The molecule has 0 bridgehead atoms. The Hall–Kier alpha value is -2.49. The van der Waals surface area contributed by atoms with Gasteiger partial charge in [0, 0.05) is 15.8 Å². The molecule has 10 heteroatoms. The molecule has 0 atom stereocenters. The fourth-order valence-corrected chi connectivity index (χ4v) is 4.29. The minimum absolute atomic E-state index is 0.0158. The number of thiophene rings is 1. The zero-order valence-electron chi connectivity index (χ0n) is 15.2. The van der Waals surface area contributed by atoms with Crippen LogP contribution in [0.25, 0.3) is 10.1 Å². The Bertz CT molecular complexity index is 1090. The summed E-state index contributed by atoms with van der Waals surface area (Å²) in [5.41, 5.74) is 1.80. The summed E-state index contributed by atoms with van der Waals surface area (Å²) in [6.45, 7) is -1.13. The molecule has 0 radical (unpaired) electrons. The third-order valence-corrected chi connectivity index (χ3v) is 5.70. The molecule has 1 aromatic heterocycles. The van der Waals surface area contributed by atoms with Crippen LogP contribution in [0, 0.1) is 6.92 Å². The van der Waals surface area contributed by atoms with Crippen molar-refractivity contribution in [3.8, 4) is 5.75 Å². The minimum Gasteiger partial charge on any atom is -0.465 e. The average Bonchev–Trinajstić information content (AvgIpc) is 2.99. The van der Waals surface area contributed by atoms with Crippen molar-refractivity contribution >= 4 is 67.7 Å². The molecular formula is C19H15ClF2N2O3S2. The highest BCUT2D eigenvalue weighted by Gasteiger charge is 2.18. The number of nitrogens with one attached hydrogen (secondary N) is 2. The lowest BCUT2D eigenvalue weighted by molar-refractivity contribution is -0.0493. The fourth-order valence-electron chi connectivity index (χ4n) is 2.59. The van der Waals surface area contributed by atoms with Crippen molar-refractivity contribution in [1.29, 1.82) is 0 Å². The maximum absolute atomic E-state index is 12.6. The molecule has 0 fully saturated rings. The maximum atomic E-state index is 12.6. The zero-order chi connectivity index (χ0) is 21.1. The van der Waals surface area contributed by atoms with Crippen molar-refractivity contribution in [1.82, 2.24) is 0 Å². The van der Waals surface area contributed by atoms with Gasteiger partial charge >= 0.3 is 12.6 Å². The van der Waals surface area contributed by atoms with E-state index >= 15 is 0 Å². The van der Waals surface area contributed by atoms with Crippen molar-refractivity contribution in [3.05, 3.63) is 51.9 Å². The first kappa shape index (κ1) is 21.2. The van der Waals surface area contributed by atoms with Gasteiger partial charge in [0.2, 0.25) is 0 Å². The number of anilines is 2. The number of halogens is 3. The Labute approximate surface area is 179 Å². The predicted octanol–water partition coefficient (Wildman–Crippen LogP) is 6.06. The lowest BCUT2D eigenvalue weighted by Crippen LogP contribution is -2.20. The van der Waals surface area contributed by atoms with Crippen LogP contribution in [0.5, 0.6) is 5.75 Å². The molecule has 3 rings (SSSR count). The highest BCUT2D eigenvalue weighted by atomic mass is 35.5. The van der Waals surface area contributed by atoms with Gasteiger partial charge in [-0.25, -0.2) is 4.79 Å². The van der Waals surface area contributed by atoms with Gasteiger partial charge in [0.25, 0.3) is 0 Å². The molecule has 3 aromatic rings. The van der Waals surface area contributed by atoms with E-state index in [1.165, 1.54) is 24.5 Å². The number of alkyl halides is 2. The number of carbonyl (C=O) groups excluding carboxylic acids is 1. The molecule has 0 aliphatic carbocycles. The van der Waals surface area contributed by atoms with Crippen molar-refractivity contribution in [2.45, 2.75) is 13.5 Å². The first-order chi connectivity index (χ1) is 13.8. The standard InChI is InChI=1S/C19H15ClF2N2O3S2/c1-9-3-6-13(27-18(21)22)12(7-9)24-19(28)23-10-4-5-11-14(8-10)29-16(15(11)20)17(25)26-2/h3-8,18H,1-2H3,(H2,23,24,28). The van der Waals surface area contributed by atoms with Crippen LogP contribution in [0.1, 0.15) is 15.2 Å². The molecule has 152 valence electrons. The number of fused-ring (bicyclic) bond motifs is 1. The summed E-state index contributed by atoms with van der Waals surface area (Å²) in [4.78, 5) is 12.1. The molecule has 5 nitrogen and oxygen atoms in total. The molecule has 0 aliphatic rings. The van der Waals surface area contributed by atoms with Gasteiger partial charge in [0.1, 0.15) is 10.6 Å². The van der Waals surface area contributed by atoms with E-state index in [-0.39, 0.29) is 10.9 Å². The summed E-state index contributed by atoms with van der Waals surface area (Å²) in [7, 11) is 1.29. The Kier molecular flexibility index (Phi) is 6.51. The van der Waals surface area contributed by atoms with Gasteiger partial charge < -0.3 is 20.1 Å². The van der Waals surface area contributed by atoms with Gasteiger partial charge in [-0.2, -0.15) is 8.78 Å². The second-order valence-electron chi connectivity index (χ2n) is 5.90. The number of hydrogen-bond acceptors (Lipinski definition) is 5. The molecule has 0 saturated carbocycles. The second kappa shape index (κ2) is 8.89. The van der Waals surface area contributed by atoms with Crippen LogP contribution in [0.3, 0.4) is 0 Å². The molecule has 0 unspecified atom stereocenters. The van der Waals surface area contributed by atoms with Crippen molar-refractivity contribution in [2.75, 3.05) is 17.7 Å². The molecule has 0 amide bonds. The number of methoxy groups -OCH3 is 1. The van der Waals surface area contributed by atoms with E-state index in [0.717, 1.165) is 10.3 Å². The van der Waals surface area contributed by atoms with E-state index in [1.54, 1.807) is 30.3 Å². The van der Waals surface area contributed by atoms with Gasteiger partial charge in [-0.1, -0.05) is 17.7 Å². The topological polar surface area (TPSA) is 59.6 Å². The number of aryl methyl sites for hydroxylation is 1. The summed E-state index contributed by atoms with van der Waals surface area (Å²) >= 11 is 12.7. The van der Waals surface area contributed by atoms with E-state index in [0.29, 0.717) is 26.7 Å². The molecule has 0 saturated heterocycles. The molecular weight excluding hydrogens is 442 g/mol. The highest BCUT2D eigenvalue weighted by molar-refractivity contribution is 7.80. The first-order valence-corrected chi connectivity index (χ1v) is 9.82. The molecule has 2 aromatic carbocycles. The number of carbonyl (C=O) groups is 1. The third kappa shape index (κ3) is 4.92. The van der Waals surface area contributed by atoms with Gasteiger partial charge in [0.05, 0.1) is 17.8 Å². The highest BCUT2D eigenvalue weighted by Crippen LogP contribution is 2.37. The number of hydrogen-bond donors (Lipinski definition) is 2. The normalized spacial score (nSPS) is 10.8. The number of ether oxygens (including phenoxy) is 2. The van der Waals surface area contributed by atoms with E-state index in [4.69, 9.17) is 28.6 Å². The number of benzene rings is 2. The summed E-state index contributed by atoms with van der Waals surface area (Å²) in [5, 5.41) is 7.07. The van der Waals surface area contributed by atoms with Crippen molar-refractivity contribution in [2.24, 2.45) is 0 Å². The van der Waals surface area contributed by atoms with Crippen molar-refractivity contribution in [3.63, 3.8) is 0 Å². The summed E-state index contributed by atoms with van der Waals surface area (Å²) in [6.07, 6.45) is 0. The largest absolute Gasteiger partial charge is 0.465 e. The van der Waals surface area contributed by atoms with Crippen LogP contribution >= 0.6 is 35.2 Å². The number of thiocarbonyl (C=S) groups is 1. The third-order valence-electron chi connectivity index (χ3n) is 3.86. The van der Waals surface area contributed by atoms with Crippen LogP contribution < -0.4 is 15.4 Å². The molecule has 0 aliphatic heterocycles. The second-order valence-corrected chi connectivity index (χ2v) is 7.74. The van der Waals surface area contributed by atoms with Crippen LogP contribution in [0.2, 0.25) is 5.02 Å². The Morgan fingerprint density at radius 2 is 1.97 bits per heavy atom. The van der Waals surface area contributed by atoms with Gasteiger partial charge in [0.15, 0.2) is 5.11 Å². The average molecular weight is 457 g/mol. The maximum Gasteiger partial charge on any atom is 0.387 e. The first-order valence-electron chi connectivity index (χ1n) is 8.22.